The van der Waals surface area contributed by atoms with Gasteiger partial charge >= 0.3 is 0 Å². The van der Waals surface area contributed by atoms with Gasteiger partial charge in [0.2, 0.25) is 0 Å². The van der Waals surface area contributed by atoms with E-state index in [2.05, 4.69) is 22.5 Å². The molecule has 0 aliphatic carbocycles. The summed E-state index contributed by atoms with van der Waals surface area (Å²) in [6, 6.07) is 4.33. The van der Waals surface area contributed by atoms with Crippen LogP contribution in [0.3, 0.4) is 0 Å². The molecule has 0 spiro atoms. The maximum Gasteiger partial charge on any atom is 0.131 e. The second-order valence-corrected chi connectivity index (χ2v) is 3.42. The van der Waals surface area contributed by atoms with Crippen LogP contribution in [0.25, 0.3) is 4.48 Å². The molecule has 0 fully saturated rings. The van der Waals surface area contributed by atoms with E-state index in [9.17, 15) is 4.39 Å². The third kappa shape index (κ3) is 2.04. The van der Waals surface area contributed by atoms with Crippen LogP contribution >= 0.6 is 27.5 Å². The lowest BCUT2D eigenvalue weighted by Gasteiger charge is -1.99. The van der Waals surface area contributed by atoms with Gasteiger partial charge in [-0.2, -0.15) is 0 Å². The lowest BCUT2D eigenvalue weighted by Crippen LogP contribution is -1.82. The van der Waals surface area contributed by atoms with Gasteiger partial charge in [-0.3, -0.25) is 0 Å². The smallest absolute Gasteiger partial charge is 0.131 e. The first-order valence-corrected chi connectivity index (χ1v) is 4.08. The van der Waals surface area contributed by atoms with E-state index in [1.165, 1.54) is 18.2 Å². The van der Waals surface area contributed by atoms with Crippen molar-refractivity contribution in [1.82, 2.24) is 0 Å². The van der Waals surface area contributed by atoms with Crippen molar-refractivity contribution in [2.24, 2.45) is 0 Å². The van der Waals surface area contributed by atoms with Crippen LogP contribution < -0.4 is 0 Å². The number of halogens is 3. The standard InChI is InChI=1S/C8H5BrClF/c1-5(9)7-4-6(10)2-3-8(7)11/h2-4H,1H2. The van der Waals surface area contributed by atoms with Gasteiger partial charge in [-0.25, -0.2) is 4.39 Å². The summed E-state index contributed by atoms with van der Waals surface area (Å²) in [6.07, 6.45) is 0. The molecular formula is C8H5BrClF. The van der Waals surface area contributed by atoms with Gasteiger partial charge in [0.15, 0.2) is 0 Å². The van der Waals surface area contributed by atoms with Gasteiger partial charge in [0.25, 0.3) is 0 Å². The number of rotatable bonds is 1. The minimum atomic E-state index is -0.323. The van der Waals surface area contributed by atoms with E-state index in [0.717, 1.165) is 0 Å². The van der Waals surface area contributed by atoms with Gasteiger partial charge in [-0.15, -0.1) is 0 Å². The van der Waals surface area contributed by atoms with Crippen LogP contribution in [0.4, 0.5) is 4.39 Å². The van der Waals surface area contributed by atoms with Crippen molar-refractivity contribution in [3.63, 3.8) is 0 Å². The van der Waals surface area contributed by atoms with E-state index in [1.807, 2.05) is 0 Å². The van der Waals surface area contributed by atoms with Crippen LogP contribution in [0.5, 0.6) is 0 Å². The lowest BCUT2D eigenvalue weighted by atomic mass is 10.2. The first-order chi connectivity index (χ1) is 5.11. The molecule has 1 aromatic rings. The highest BCUT2D eigenvalue weighted by molar-refractivity contribution is 9.15. The molecule has 0 unspecified atom stereocenters. The van der Waals surface area contributed by atoms with Crippen LogP contribution in [-0.2, 0) is 0 Å². The van der Waals surface area contributed by atoms with Crippen molar-refractivity contribution < 1.29 is 4.39 Å². The molecule has 0 radical (unpaired) electrons. The molecule has 1 rings (SSSR count). The van der Waals surface area contributed by atoms with E-state index < -0.39 is 0 Å². The molecule has 0 bridgehead atoms. The fourth-order valence-electron chi connectivity index (χ4n) is 0.705. The molecule has 11 heavy (non-hydrogen) atoms. The minimum Gasteiger partial charge on any atom is -0.206 e. The summed E-state index contributed by atoms with van der Waals surface area (Å²) in [5.41, 5.74) is 0.400. The van der Waals surface area contributed by atoms with Crippen molar-refractivity contribution in [2.45, 2.75) is 0 Å². The van der Waals surface area contributed by atoms with Crippen LogP contribution in [0.15, 0.2) is 24.8 Å². The largest absolute Gasteiger partial charge is 0.206 e. The third-order valence-electron chi connectivity index (χ3n) is 1.22. The van der Waals surface area contributed by atoms with Crippen molar-refractivity contribution >= 4 is 32.0 Å². The third-order valence-corrected chi connectivity index (χ3v) is 1.88. The van der Waals surface area contributed by atoms with Crippen LogP contribution in [0.2, 0.25) is 5.02 Å². The Labute approximate surface area is 77.8 Å². The van der Waals surface area contributed by atoms with Crippen molar-refractivity contribution in [1.29, 1.82) is 0 Å². The predicted molar refractivity (Wildman–Crippen MR) is 49.4 cm³/mol. The highest BCUT2D eigenvalue weighted by Crippen LogP contribution is 2.24. The minimum absolute atomic E-state index is 0.323. The number of hydrogen-bond donors (Lipinski definition) is 0. The summed E-state index contributed by atoms with van der Waals surface area (Å²) < 4.78 is 13.4. The van der Waals surface area contributed by atoms with Crippen molar-refractivity contribution in [2.75, 3.05) is 0 Å². The Bertz CT molecular complexity index is 296. The highest BCUT2D eigenvalue weighted by Gasteiger charge is 2.03. The summed E-state index contributed by atoms with van der Waals surface area (Å²) in [7, 11) is 0. The van der Waals surface area contributed by atoms with Gasteiger partial charge < -0.3 is 0 Å². The van der Waals surface area contributed by atoms with E-state index in [0.29, 0.717) is 15.1 Å². The lowest BCUT2D eigenvalue weighted by molar-refractivity contribution is 0.625. The van der Waals surface area contributed by atoms with Gasteiger partial charge in [0, 0.05) is 15.1 Å². The molecule has 3 heteroatoms. The summed E-state index contributed by atoms with van der Waals surface area (Å²) in [4.78, 5) is 0. The molecule has 0 aromatic heterocycles. The Morgan fingerprint density at radius 2 is 2.18 bits per heavy atom. The van der Waals surface area contributed by atoms with Crippen LogP contribution in [0, 0.1) is 5.82 Å². The monoisotopic (exact) mass is 234 g/mol. The normalized spacial score (nSPS) is 9.73. The van der Waals surface area contributed by atoms with Gasteiger partial charge in [0.1, 0.15) is 5.82 Å². The average molecular weight is 235 g/mol. The Morgan fingerprint density at radius 3 is 2.64 bits per heavy atom. The molecule has 0 nitrogen and oxygen atoms in total. The quantitative estimate of drug-likeness (QED) is 0.694. The van der Waals surface area contributed by atoms with Crippen molar-refractivity contribution in [3.8, 4) is 0 Å². The Balaban J connectivity index is 3.23. The SMILES string of the molecule is C=C(Br)c1cc(Cl)ccc1F. The molecule has 0 amide bonds. The van der Waals surface area contributed by atoms with E-state index >= 15 is 0 Å². The number of benzene rings is 1. The highest BCUT2D eigenvalue weighted by atomic mass is 79.9. The van der Waals surface area contributed by atoms with E-state index in [1.54, 1.807) is 0 Å². The molecule has 58 valence electrons. The van der Waals surface area contributed by atoms with Crippen LogP contribution in [0.1, 0.15) is 5.56 Å². The van der Waals surface area contributed by atoms with Crippen molar-refractivity contribution in [3.05, 3.63) is 41.2 Å². The fraction of sp³-hybridized carbons (Fsp3) is 0. The van der Waals surface area contributed by atoms with Gasteiger partial charge in [0.05, 0.1) is 0 Å². The second kappa shape index (κ2) is 3.37. The molecule has 0 aliphatic rings. The number of hydrogen-bond acceptors (Lipinski definition) is 0. The fourth-order valence-corrected chi connectivity index (χ4v) is 1.18. The van der Waals surface area contributed by atoms with E-state index in [-0.39, 0.29) is 5.82 Å². The molecule has 0 atom stereocenters. The maximum atomic E-state index is 12.9. The first-order valence-electron chi connectivity index (χ1n) is 2.91. The molecule has 0 saturated carbocycles. The molecule has 0 aliphatic heterocycles. The molecular weight excluding hydrogens is 230 g/mol. The Morgan fingerprint density at radius 1 is 1.55 bits per heavy atom. The maximum absolute atomic E-state index is 12.9. The predicted octanol–water partition coefficient (Wildman–Crippen LogP) is 3.84. The molecule has 0 saturated heterocycles. The molecule has 0 heterocycles. The zero-order chi connectivity index (χ0) is 8.43. The Hall–Kier alpha value is -0.340. The van der Waals surface area contributed by atoms with Gasteiger partial charge in [-0.05, 0) is 18.2 Å². The topological polar surface area (TPSA) is 0 Å². The molecule has 1 aromatic carbocycles. The van der Waals surface area contributed by atoms with E-state index in [4.69, 9.17) is 11.6 Å². The zero-order valence-corrected chi connectivity index (χ0v) is 7.91. The first kappa shape index (κ1) is 8.75. The second-order valence-electron chi connectivity index (χ2n) is 2.03. The summed E-state index contributed by atoms with van der Waals surface area (Å²) >= 11 is 8.71. The summed E-state index contributed by atoms with van der Waals surface area (Å²) in [6.45, 7) is 3.55. The molecule has 0 N–H and O–H groups in total. The average Bonchev–Trinajstić information content (AvgIpc) is 1.94. The summed E-state index contributed by atoms with van der Waals surface area (Å²) in [5.74, 6) is -0.323. The zero-order valence-electron chi connectivity index (χ0n) is 5.57. The van der Waals surface area contributed by atoms with Gasteiger partial charge in [-0.1, -0.05) is 34.1 Å². The Kier molecular flexibility index (Phi) is 2.68. The van der Waals surface area contributed by atoms with Crippen LogP contribution in [-0.4, -0.2) is 0 Å². The summed E-state index contributed by atoms with van der Waals surface area (Å²) in [5, 5.41) is 0.502.